The molecule has 0 saturated carbocycles. The third-order valence-electron chi connectivity index (χ3n) is 3.70. The minimum atomic E-state index is 0.0866. The molecule has 1 aromatic carbocycles. The lowest BCUT2D eigenvalue weighted by Gasteiger charge is -2.21. The number of halogens is 1. The van der Waals surface area contributed by atoms with Crippen molar-refractivity contribution in [2.45, 2.75) is 24.7 Å². The van der Waals surface area contributed by atoms with Crippen LogP contribution in [0.25, 0.3) is 0 Å². The van der Waals surface area contributed by atoms with E-state index < -0.39 is 0 Å². The summed E-state index contributed by atoms with van der Waals surface area (Å²) in [7, 11) is 0. The van der Waals surface area contributed by atoms with Gasteiger partial charge in [0.25, 0.3) is 0 Å². The van der Waals surface area contributed by atoms with Crippen LogP contribution in [0.15, 0.2) is 29.2 Å². The molecule has 0 atom stereocenters. The Morgan fingerprint density at radius 1 is 1.14 bits per heavy atom. The summed E-state index contributed by atoms with van der Waals surface area (Å²) in [4.78, 5) is 28.4. The van der Waals surface area contributed by atoms with E-state index >= 15 is 0 Å². The second-order valence-corrected chi connectivity index (χ2v) is 6.81. The molecule has 1 aliphatic rings. The average Bonchev–Trinajstić information content (AvgIpc) is 2.75. The third-order valence-corrected chi connectivity index (χ3v) is 5.22. The van der Waals surface area contributed by atoms with E-state index in [9.17, 15) is 9.59 Å². The smallest absolute Gasteiger partial charge is 0.223 e. The van der Waals surface area contributed by atoms with Crippen molar-refractivity contribution in [2.75, 3.05) is 31.9 Å². The van der Waals surface area contributed by atoms with Gasteiger partial charge >= 0.3 is 0 Å². The van der Waals surface area contributed by atoms with Gasteiger partial charge in [-0.2, -0.15) is 0 Å². The Kier molecular flexibility index (Phi) is 6.58. The molecule has 0 aliphatic carbocycles. The van der Waals surface area contributed by atoms with Crippen LogP contribution in [-0.4, -0.2) is 53.5 Å². The van der Waals surface area contributed by atoms with Crippen molar-refractivity contribution in [2.24, 2.45) is 0 Å². The molecule has 0 N–H and O–H groups in total. The maximum Gasteiger partial charge on any atom is 0.223 e. The quantitative estimate of drug-likeness (QED) is 0.791. The molecule has 1 aliphatic heterocycles. The lowest BCUT2D eigenvalue weighted by atomic mass is 10.3. The molecule has 22 heavy (non-hydrogen) atoms. The summed E-state index contributed by atoms with van der Waals surface area (Å²) in [6.07, 6.45) is 1.35. The second kappa shape index (κ2) is 8.44. The number of hydrogen-bond acceptors (Lipinski definition) is 3. The van der Waals surface area contributed by atoms with Crippen molar-refractivity contribution in [1.29, 1.82) is 0 Å². The predicted molar refractivity (Wildman–Crippen MR) is 90.2 cm³/mol. The average molecular weight is 341 g/mol. The van der Waals surface area contributed by atoms with Gasteiger partial charge in [0.2, 0.25) is 11.8 Å². The fraction of sp³-hybridized carbons (Fsp3) is 0.500. The number of benzene rings is 1. The molecule has 1 fully saturated rings. The molecule has 0 unspecified atom stereocenters. The molecule has 6 heteroatoms. The molecule has 1 heterocycles. The van der Waals surface area contributed by atoms with Crippen LogP contribution >= 0.6 is 23.4 Å². The van der Waals surface area contributed by atoms with Crippen LogP contribution in [0.3, 0.4) is 0 Å². The van der Waals surface area contributed by atoms with Crippen molar-refractivity contribution in [3.8, 4) is 0 Å². The van der Waals surface area contributed by atoms with E-state index in [-0.39, 0.29) is 11.8 Å². The molecule has 4 nitrogen and oxygen atoms in total. The first kappa shape index (κ1) is 17.2. The topological polar surface area (TPSA) is 40.6 Å². The van der Waals surface area contributed by atoms with Gasteiger partial charge in [-0.1, -0.05) is 23.7 Å². The highest BCUT2D eigenvalue weighted by atomic mass is 35.5. The van der Waals surface area contributed by atoms with Crippen LogP contribution in [0.2, 0.25) is 5.02 Å². The lowest BCUT2D eigenvalue weighted by Crippen LogP contribution is -2.36. The molecular formula is C16H21ClN2O2S. The van der Waals surface area contributed by atoms with Crippen molar-refractivity contribution in [3.63, 3.8) is 0 Å². The van der Waals surface area contributed by atoms with Crippen LogP contribution < -0.4 is 0 Å². The molecule has 1 aromatic rings. The number of hydrogen-bond donors (Lipinski definition) is 0. The molecule has 0 aromatic heterocycles. The monoisotopic (exact) mass is 340 g/mol. The van der Waals surface area contributed by atoms with E-state index in [1.165, 1.54) is 0 Å². The number of amides is 2. The highest BCUT2D eigenvalue weighted by molar-refractivity contribution is 7.99. The number of nitrogens with zero attached hydrogens (tertiary/aromatic N) is 2. The first-order valence-corrected chi connectivity index (χ1v) is 8.85. The summed E-state index contributed by atoms with van der Waals surface area (Å²) in [5, 5.41) is 0.729. The minimum Gasteiger partial charge on any atom is -0.341 e. The number of carbonyl (C=O) groups excluding carboxylic acids is 2. The predicted octanol–water partition coefficient (Wildman–Crippen LogP) is 2.90. The maximum atomic E-state index is 12.3. The van der Waals surface area contributed by atoms with Gasteiger partial charge in [-0.3, -0.25) is 9.59 Å². The minimum absolute atomic E-state index is 0.0866. The highest BCUT2D eigenvalue weighted by Crippen LogP contribution is 2.27. The van der Waals surface area contributed by atoms with Gasteiger partial charge in [0.05, 0.1) is 5.02 Å². The standard InChI is InChI=1S/C16H21ClN2O2S/c1-13(20)18-8-4-9-19(11-10-18)16(21)7-12-22-15-6-3-2-5-14(15)17/h2-3,5-6H,4,7-12H2,1H3. The first-order chi connectivity index (χ1) is 10.6. The number of rotatable bonds is 4. The zero-order valence-corrected chi connectivity index (χ0v) is 14.3. The van der Waals surface area contributed by atoms with E-state index in [0.29, 0.717) is 19.5 Å². The number of carbonyl (C=O) groups is 2. The van der Waals surface area contributed by atoms with E-state index in [4.69, 9.17) is 11.6 Å². The van der Waals surface area contributed by atoms with Gasteiger partial charge in [-0.15, -0.1) is 11.8 Å². The van der Waals surface area contributed by atoms with Gasteiger partial charge in [0, 0.05) is 50.2 Å². The molecule has 2 amide bonds. The third kappa shape index (κ3) is 4.92. The fourth-order valence-corrected chi connectivity index (χ4v) is 3.63. The molecular weight excluding hydrogens is 320 g/mol. The summed E-state index contributed by atoms with van der Waals surface area (Å²) in [6.45, 7) is 4.33. The Bertz CT molecular complexity index is 539. The van der Waals surface area contributed by atoms with Crippen molar-refractivity contribution in [1.82, 2.24) is 9.80 Å². The normalized spacial score (nSPS) is 15.5. The lowest BCUT2D eigenvalue weighted by molar-refractivity contribution is -0.132. The largest absolute Gasteiger partial charge is 0.341 e. The summed E-state index contributed by atoms with van der Waals surface area (Å²) in [5.74, 6) is 0.962. The Morgan fingerprint density at radius 2 is 1.82 bits per heavy atom. The molecule has 0 spiro atoms. The maximum absolute atomic E-state index is 12.3. The molecule has 0 bridgehead atoms. The van der Waals surface area contributed by atoms with Gasteiger partial charge in [-0.05, 0) is 18.6 Å². The first-order valence-electron chi connectivity index (χ1n) is 7.48. The van der Waals surface area contributed by atoms with E-state index in [2.05, 4.69) is 0 Å². The molecule has 1 saturated heterocycles. The second-order valence-electron chi connectivity index (χ2n) is 5.27. The van der Waals surface area contributed by atoms with E-state index in [0.717, 1.165) is 35.2 Å². The van der Waals surface area contributed by atoms with Crippen molar-refractivity contribution in [3.05, 3.63) is 29.3 Å². The van der Waals surface area contributed by atoms with Gasteiger partial charge < -0.3 is 9.80 Å². The highest BCUT2D eigenvalue weighted by Gasteiger charge is 2.19. The van der Waals surface area contributed by atoms with Crippen LogP contribution in [0, 0.1) is 0 Å². The fourth-order valence-electron chi connectivity index (χ4n) is 2.45. The van der Waals surface area contributed by atoms with Crippen molar-refractivity contribution < 1.29 is 9.59 Å². The molecule has 120 valence electrons. The van der Waals surface area contributed by atoms with Gasteiger partial charge in [-0.25, -0.2) is 0 Å². The van der Waals surface area contributed by atoms with E-state index in [1.54, 1.807) is 18.7 Å². The molecule has 0 radical (unpaired) electrons. The van der Waals surface area contributed by atoms with Gasteiger partial charge in [0.1, 0.15) is 0 Å². The zero-order chi connectivity index (χ0) is 15.9. The van der Waals surface area contributed by atoms with Crippen LogP contribution in [-0.2, 0) is 9.59 Å². The van der Waals surface area contributed by atoms with Crippen molar-refractivity contribution >= 4 is 35.2 Å². The van der Waals surface area contributed by atoms with Crippen LogP contribution in [0.4, 0.5) is 0 Å². The Balaban J connectivity index is 1.77. The Labute approximate surface area is 140 Å². The number of thioether (sulfide) groups is 1. The summed E-state index contributed by atoms with van der Waals surface area (Å²) in [6, 6.07) is 7.67. The van der Waals surface area contributed by atoms with Crippen LogP contribution in [0.5, 0.6) is 0 Å². The SMILES string of the molecule is CC(=O)N1CCCN(C(=O)CCSc2ccccc2Cl)CC1. The molecule has 2 rings (SSSR count). The summed E-state index contributed by atoms with van der Waals surface area (Å²) >= 11 is 7.71. The summed E-state index contributed by atoms with van der Waals surface area (Å²) in [5.41, 5.74) is 0. The van der Waals surface area contributed by atoms with Gasteiger partial charge in [0.15, 0.2) is 0 Å². The zero-order valence-electron chi connectivity index (χ0n) is 12.8. The Hall–Kier alpha value is -1.20. The van der Waals surface area contributed by atoms with E-state index in [1.807, 2.05) is 34.1 Å². The van der Waals surface area contributed by atoms with Crippen LogP contribution in [0.1, 0.15) is 19.8 Å². The Morgan fingerprint density at radius 3 is 2.55 bits per heavy atom. The summed E-state index contributed by atoms with van der Waals surface area (Å²) < 4.78 is 0.